The molecule has 0 aliphatic rings. The zero-order chi connectivity index (χ0) is 9.68. The van der Waals surface area contributed by atoms with Crippen LogP contribution in [0.4, 0.5) is 0 Å². The van der Waals surface area contributed by atoms with Crippen molar-refractivity contribution in [2.75, 3.05) is 7.11 Å². The van der Waals surface area contributed by atoms with Crippen molar-refractivity contribution in [3.8, 4) is 11.8 Å². The lowest BCUT2D eigenvalue weighted by molar-refractivity contribution is 0.414. The van der Waals surface area contributed by atoms with Gasteiger partial charge in [-0.3, -0.25) is 0 Å². The molecule has 0 amide bonds. The number of nitriles is 1. The Labute approximate surface area is 77.0 Å². The predicted octanol–water partition coefficient (Wildman–Crippen LogP) is 1.52. The largest absolute Gasteiger partial charge is 0.497 e. The molecule has 1 aromatic carbocycles. The number of nitrogens with zero attached hydrogens (tertiary/aromatic N) is 1. The van der Waals surface area contributed by atoms with Crippen LogP contribution in [0.1, 0.15) is 5.56 Å². The molecule has 66 valence electrons. The molecule has 0 saturated carbocycles. The van der Waals surface area contributed by atoms with Crippen molar-refractivity contribution in [2.45, 2.75) is 0 Å². The minimum absolute atomic E-state index is 0.446. The van der Waals surface area contributed by atoms with Gasteiger partial charge >= 0.3 is 0 Å². The highest BCUT2D eigenvalue weighted by Crippen LogP contribution is 2.16. The predicted molar refractivity (Wildman–Crippen MR) is 50.8 cm³/mol. The summed E-state index contributed by atoms with van der Waals surface area (Å²) in [4.78, 5) is 0. The van der Waals surface area contributed by atoms with Gasteiger partial charge in [0.15, 0.2) is 0 Å². The Bertz CT molecular complexity index is 363. The van der Waals surface area contributed by atoms with E-state index in [4.69, 9.17) is 15.7 Å². The molecule has 0 radical (unpaired) electrons. The van der Waals surface area contributed by atoms with Gasteiger partial charge in [-0.05, 0) is 12.1 Å². The number of benzene rings is 1. The Morgan fingerprint density at radius 2 is 2.38 bits per heavy atom. The van der Waals surface area contributed by atoms with Crippen LogP contribution in [0.15, 0.2) is 30.3 Å². The Kier molecular flexibility index (Phi) is 2.93. The normalized spacial score (nSPS) is 10.6. The molecule has 2 N–H and O–H groups in total. The molecule has 0 aromatic heterocycles. The highest BCUT2D eigenvalue weighted by molar-refractivity contribution is 5.65. The third-order valence-corrected chi connectivity index (χ3v) is 1.62. The minimum atomic E-state index is 0.446. The van der Waals surface area contributed by atoms with Crippen molar-refractivity contribution < 1.29 is 4.74 Å². The van der Waals surface area contributed by atoms with Gasteiger partial charge in [0.1, 0.15) is 5.75 Å². The van der Waals surface area contributed by atoms with Crippen LogP contribution in [0.2, 0.25) is 0 Å². The van der Waals surface area contributed by atoms with Gasteiger partial charge in [0, 0.05) is 17.3 Å². The summed E-state index contributed by atoms with van der Waals surface area (Å²) < 4.78 is 5.02. The van der Waals surface area contributed by atoms with E-state index in [9.17, 15) is 0 Å². The smallest absolute Gasteiger partial charge is 0.119 e. The molecular formula is C10H10N2O. The van der Waals surface area contributed by atoms with E-state index >= 15 is 0 Å². The molecule has 0 bridgehead atoms. The fourth-order valence-electron chi connectivity index (χ4n) is 0.956. The van der Waals surface area contributed by atoms with Crippen molar-refractivity contribution in [3.05, 3.63) is 35.9 Å². The molecule has 0 spiro atoms. The van der Waals surface area contributed by atoms with E-state index in [1.54, 1.807) is 13.2 Å². The number of ether oxygens (including phenoxy) is 1. The van der Waals surface area contributed by atoms with Crippen LogP contribution in [-0.2, 0) is 0 Å². The van der Waals surface area contributed by atoms with E-state index in [-0.39, 0.29) is 0 Å². The monoisotopic (exact) mass is 174 g/mol. The van der Waals surface area contributed by atoms with E-state index in [2.05, 4.69) is 0 Å². The first-order chi connectivity index (χ1) is 6.27. The van der Waals surface area contributed by atoms with Gasteiger partial charge in [0.05, 0.1) is 13.2 Å². The summed E-state index contributed by atoms with van der Waals surface area (Å²) in [6.07, 6.45) is 1.30. The lowest BCUT2D eigenvalue weighted by atomic mass is 10.1. The molecule has 13 heavy (non-hydrogen) atoms. The maximum atomic E-state index is 8.39. The van der Waals surface area contributed by atoms with E-state index in [1.165, 1.54) is 6.08 Å². The van der Waals surface area contributed by atoms with Gasteiger partial charge in [-0.25, -0.2) is 0 Å². The second kappa shape index (κ2) is 4.17. The SMILES string of the molecule is COc1cccc(C(N)=CC#N)c1. The summed E-state index contributed by atoms with van der Waals surface area (Å²) in [7, 11) is 1.59. The summed E-state index contributed by atoms with van der Waals surface area (Å²) >= 11 is 0. The summed E-state index contributed by atoms with van der Waals surface area (Å²) in [5, 5.41) is 8.39. The highest BCUT2D eigenvalue weighted by atomic mass is 16.5. The van der Waals surface area contributed by atoms with Gasteiger partial charge in [-0.1, -0.05) is 12.1 Å². The molecule has 0 fully saturated rings. The Balaban J connectivity index is 3.03. The summed E-state index contributed by atoms with van der Waals surface area (Å²) in [6.45, 7) is 0. The van der Waals surface area contributed by atoms with Crippen LogP contribution < -0.4 is 10.5 Å². The second-order valence-corrected chi connectivity index (χ2v) is 2.46. The highest BCUT2D eigenvalue weighted by Gasteiger charge is 1.97. The zero-order valence-corrected chi connectivity index (χ0v) is 7.32. The quantitative estimate of drug-likeness (QED) is 0.691. The Hall–Kier alpha value is -1.95. The zero-order valence-electron chi connectivity index (χ0n) is 7.32. The number of hydrogen-bond donors (Lipinski definition) is 1. The number of methoxy groups -OCH3 is 1. The minimum Gasteiger partial charge on any atom is -0.497 e. The van der Waals surface area contributed by atoms with Crippen molar-refractivity contribution >= 4 is 5.70 Å². The van der Waals surface area contributed by atoms with Gasteiger partial charge < -0.3 is 10.5 Å². The molecule has 3 heteroatoms. The second-order valence-electron chi connectivity index (χ2n) is 2.46. The summed E-state index contributed by atoms with van der Waals surface area (Å²) in [5.41, 5.74) is 6.85. The molecule has 1 aromatic rings. The standard InChI is InChI=1S/C10H10N2O/c1-13-9-4-2-3-8(7-9)10(12)5-6-11/h2-5,7H,12H2,1H3. The third-order valence-electron chi connectivity index (χ3n) is 1.62. The van der Waals surface area contributed by atoms with Crippen LogP contribution in [0.25, 0.3) is 5.70 Å². The molecule has 0 heterocycles. The van der Waals surface area contributed by atoms with Gasteiger partial charge in [-0.15, -0.1) is 0 Å². The van der Waals surface area contributed by atoms with E-state index in [0.717, 1.165) is 11.3 Å². The van der Waals surface area contributed by atoms with Crippen molar-refractivity contribution in [1.29, 1.82) is 5.26 Å². The molecule has 0 atom stereocenters. The van der Waals surface area contributed by atoms with Crippen molar-refractivity contribution in [3.63, 3.8) is 0 Å². The van der Waals surface area contributed by atoms with E-state index < -0.39 is 0 Å². The molecule has 0 aliphatic carbocycles. The van der Waals surface area contributed by atoms with Crippen LogP contribution >= 0.6 is 0 Å². The molecule has 0 unspecified atom stereocenters. The first-order valence-corrected chi connectivity index (χ1v) is 3.77. The molecule has 0 saturated heterocycles. The van der Waals surface area contributed by atoms with E-state index in [0.29, 0.717) is 5.70 Å². The maximum absolute atomic E-state index is 8.39. The van der Waals surface area contributed by atoms with Gasteiger partial charge in [0.2, 0.25) is 0 Å². The first kappa shape index (κ1) is 9.14. The summed E-state index contributed by atoms with van der Waals surface area (Å²) in [6, 6.07) is 9.13. The number of allylic oxidation sites excluding steroid dienone is 1. The fourth-order valence-corrected chi connectivity index (χ4v) is 0.956. The van der Waals surface area contributed by atoms with Crippen molar-refractivity contribution in [2.24, 2.45) is 5.73 Å². The van der Waals surface area contributed by atoms with Crippen LogP contribution in [0.5, 0.6) is 5.75 Å². The number of nitrogens with two attached hydrogens (primary N) is 1. The lowest BCUT2D eigenvalue weighted by Crippen LogP contribution is -1.96. The fraction of sp³-hybridized carbons (Fsp3) is 0.100. The average molecular weight is 174 g/mol. The van der Waals surface area contributed by atoms with Gasteiger partial charge in [0.25, 0.3) is 0 Å². The van der Waals surface area contributed by atoms with Crippen LogP contribution in [0.3, 0.4) is 0 Å². The number of rotatable bonds is 2. The lowest BCUT2D eigenvalue weighted by Gasteiger charge is -2.02. The number of hydrogen-bond acceptors (Lipinski definition) is 3. The molecule has 0 aliphatic heterocycles. The van der Waals surface area contributed by atoms with Crippen LogP contribution in [0, 0.1) is 11.3 Å². The third kappa shape index (κ3) is 2.24. The average Bonchev–Trinajstić information content (AvgIpc) is 2.18. The summed E-state index contributed by atoms with van der Waals surface area (Å²) in [5.74, 6) is 0.729. The molecule has 3 nitrogen and oxygen atoms in total. The van der Waals surface area contributed by atoms with Crippen molar-refractivity contribution in [1.82, 2.24) is 0 Å². The topological polar surface area (TPSA) is 59.0 Å². The van der Waals surface area contributed by atoms with Crippen LogP contribution in [-0.4, -0.2) is 7.11 Å². The first-order valence-electron chi connectivity index (χ1n) is 3.77. The maximum Gasteiger partial charge on any atom is 0.119 e. The van der Waals surface area contributed by atoms with Gasteiger partial charge in [-0.2, -0.15) is 5.26 Å². The van der Waals surface area contributed by atoms with E-state index in [1.807, 2.05) is 24.3 Å². The molecule has 1 rings (SSSR count). The molecular weight excluding hydrogens is 164 g/mol. The Morgan fingerprint density at radius 3 is 3.00 bits per heavy atom. The Morgan fingerprint density at radius 1 is 1.62 bits per heavy atom.